The molecule has 146 valence electrons. The number of carbonyl (C=O) groups is 1. The van der Waals surface area contributed by atoms with Gasteiger partial charge in [-0.2, -0.15) is 0 Å². The molecule has 0 spiro atoms. The highest BCUT2D eigenvalue weighted by molar-refractivity contribution is 5.75. The Bertz CT molecular complexity index is 350. The predicted octanol–water partition coefficient (Wildman–Crippen LogP) is 5.69. The SMILES string of the molecule is CCCCC/C=C\C/C=C\CCCCCCCC(=O)NCC(O)CC. The van der Waals surface area contributed by atoms with E-state index in [-0.39, 0.29) is 5.91 Å². The normalized spacial score (nSPS) is 12.9. The van der Waals surface area contributed by atoms with Gasteiger partial charge in [0.2, 0.25) is 5.91 Å². The van der Waals surface area contributed by atoms with E-state index < -0.39 is 6.10 Å². The fourth-order valence-corrected chi connectivity index (χ4v) is 2.56. The average Bonchev–Trinajstić information content (AvgIpc) is 2.62. The van der Waals surface area contributed by atoms with E-state index in [1.807, 2.05) is 6.92 Å². The van der Waals surface area contributed by atoms with Crippen LogP contribution >= 0.6 is 0 Å². The van der Waals surface area contributed by atoms with Crippen molar-refractivity contribution in [1.29, 1.82) is 0 Å². The molecule has 1 unspecified atom stereocenters. The van der Waals surface area contributed by atoms with E-state index in [1.165, 1.54) is 51.4 Å². The molecular weight excluding hydrogens is 310 g/mol. The van der Waals surface area contributed by atoms with Crippen LogP contribution in [-0.4, -0.2) is 23.7 Å². The lowest BCUT2D eigenvalue weighted by Crippen LogP contribution is -2.31. The van der Waals surface area contributed by atoms with Crippen LogP contribution in [0.5, 0.6) is 0 Å². The zero-order valence-electron chi connectivity index (χ0n) is 16.6. The van der Waals surface area contributed by atoms with Gasteiger partial charge >= 0.3 is 0 Å². The maximum absolute atomic E-state index is 11.6. The molecule has 0 aliphatic carbocycles. The first-order chi connectivity index (χ1) is 12.2. The van der Waals surface area contributed by atoms with E-state index in [0.717, 1.165) is 19.3 Å². The van der Waals surface area contributed by atoms with E-state index in [9.17, 15) is 9.90 Å². The molecule has 1 atom stereocenters. The largest absolute Gasteiger partial charge is 0.391 e. The van der Waals surface area contributed by atoms with Crippen molar-refractivity contribution in [1.82, 2.24) is 5.32 Å². The van der Waals surface area contributed by atoms with Crippen LogP contribution in [-0.2, 0) is 4.79 Å². The van der Waals surface area contributed by atoms with Gasteiger partial charge in [-0.25, -0.2) is 0 Å². The fourth-order valence-electron chi connectivity index (χ4n) is 2.56. The highest BCUT2D eigenvalue weighted by Crippen LogP contribution is 2.08. The molecule has 0 fully saturated rings. The molecule has 0 saturated carbocycles. The van der Waals surface area contributed by atoms with Crippen molar-refractivity contribution in [2.75, 3.05) is 6.54 Å². The number of aliphatic hydroxyl groups is 1. The topological polar surface area (TPSA) is 49.3 Å². The Morgan fingerprint density at radius 2 is 1.48 bits per heavy atom. The molecular formula is C22H41NO2. The minimum absolute atomic E-state index is 0.0678. The summed E-state index contributed by atoms with van der Waals surface area (Å²) in [6, 6.07) is 0. The first-order valence-electron chi connectivity index (χ1n) is 10.4. The third kappa shape index (κ3) is 19.1. The fraction of sp³-hybridized carbons (Fsp3) is 0.773. The Hall–Kier alpha value is -1.09. The Morgan fingerprint density at radius 1 is 0.880 bits per heavy atom. The second-order valence-electron chi connectivity index (χ2n) is 6.85. The molecule has 0 aliphatic rings. The zero-order chi connectivity index (χ0) is 18.6. The maximum Gasteiger partial charge on any atom is 0.220 e. The molecule has 0 heterocycles. The number of hydrogen-bond acceptors (Lipinski definition) is 2. The lowest BCUT2D eigenvalue weighted by molar-refractivity contribution is -0.121. The van der Waals surface area contributed by atoms with Crippen LogP contribution in [0.3, 0.4) is 0 Å². The summed E-state index contributed by atoms with van der Waals surface area (Å²) >= 11 is 0. The molecule has 0 aromatic heterocycles. The predicted molar refractivity (Wildman–Crippen MR) is 109 cm³/mol. The summed E-state index contributed by atoms with van der Waals surface area (Å²) in [6.45, 7) is 4.54. The standard InChI is InChI=1S/C22H41NO2/c1-3-5-6-7-8-9-10-11-12-13-14-15-16-17-18-19-22(25)23-20-21(24)4-2/h8-9,11-12,21,24H,3-7,10,13-20H2,1-2H3,(H,23,25)/b9-8-,12-11-. The van der Waals surface area contributed by atoms with E-state index in [2.05, 4.69) is 36.5 Å². The summed E-state index contributed by atoms with van der Waals surface area (Å²) in [5.41, 5.74) is 0. The van der Waals surface area contributed by atoms with Gasteiger partial charge in [-0.15, -0.1) is 0 Å². The molecule has 0 saturated heterocycles. The lowest BCUT2D eigenvalue weighted by Gasteiger charge is -2.09. The van der Waals surface area contributed by atoms with Gasteiger partial charge in [-0.3, -0.25) is 4.79 Å². The van der Waals surface area contributed by atoms with Gasteiger partial charge in [0.25, 0.3) is 0 Å². The molecule has 0 aliphatic heterocycles. The molecule has 0 bridgehead atoms. The van der Waals surface area contributed by atoms with E-state index in [1.54, 1.807) is 0 Å². The molecule has 1 amide bonds. The highest BCUT2D eigenvalue weighted by atomic mass is 16.3. The molecule has 2 N–H and O–H groups in total. The Labute approximate surface area is 156 Å². The van der Waals surface area contributed by atoms with Gasteiger partial charge in [0.15, 0.2) is 0 Å². The Kier molecular flexibility index (Phi) is 18.4. The van der Waals surface area contributed by atoms with Gasteiger partial charge < -0.3 is 10.4 Å². The number of unbranched alkanes of at least 4 members (excludes halogenated alkanes) is 8. The van der Waals surface area contributed by atoms with E-state index in [0.29, 0.717) is 19.4 Å². The minimum Gasteiger partial charge on any atom is -0.391 e. The van der Waals surface area contributed by atoms with Crippen molar-refractivity contribution in [2.24, 2.45) is 0 Å². The summed E-state index contributed by atoms with van der Waals surface area (Å²) in [5.74, 6) is 0.0678. The molecule has 0 aromatic carbocycles. The average molecular weight is 352 g/mol. The molecule has 3 heteroatoms. The van der Waals surface area contributed by atoms with Gasteiger partial charge in [-0.1, -0.05) is 70.3 Å². The van der Waals surface area contributed by atoms with Crippen molar-refractivity contribution in [3.8, 4) is 0 Å². The maximum atomic E-state index is 11.6. The highest BCUT2D eigenvalue weighted by Gasteiger charge is 2.04. The molecule has 0 aromatic rings. The number of nitrogens with one attached hydrogen (secondary N) is 1. The molecule has 3 nitrogen and oxygen atoms in total. The van der Waals surface area contributed by atoms with Gasteiger partial charge in [-0.05, 0) is 44.9 Å². The van der Waals surface area contributed by atoms with Crippen LogP contribution in [0.2, 0.25) is 0 Å². The number of rotatable bonds is 17. The first kappa shape index (κ1) is 23.9. The van der Waals surface area contributed by atoms with Crippen LogP contribution in [0.15, 0.2) is 24.3 Å². The smallest absolute Gasteiger partial charge is 0.220 e. The van der Waals surface area contributed by atoms with Crippen LogP contribution in [0.1, 0.15) is 97.3 Å². The number of carbonyl (C=O) groups excluding carboxylic acids is 1. The van der Waals surface area contributed by atoms with Crippen LogP contribution in [0.25, 0.3) is 0 Å². The van der Waals surface area contributed by atoms with E-state index >= 15 is 0 Å². The summed E-state index contributed by atoms with van der Waals surface area (Å²) in [7, 11) is 0. The third-order valence-electron chi connectivity index (χ3n) is 4.36. The summed E-state index contributed by atoms with van der Waals surface area (Å²) in [4.78, 5) is 11.6. The number of hydrogen-bond donors (Lipinski definition) is 2. The van der Waals surface area contributed by atoms with Crippen molar-refractivity contribution in [2.45, 2.75) is 103 Å². The molecule has 0 radical (unpaired) electrons. The monoisotopic (exact) mass is 351 g/mol. The number of amides is 1. The lowest BCUT2D eigenvalue weighted by atomic mass is 10.1. The zero-order valence-corrected chi connectivity index (χ0v) is 16.6. The van der Waals surface area contributed by atoms with Crippen molar-refractivity contribution >= 4 is 5.91 Å². The number of allylic oxidation sites excluding steroid dienone is 4. The van der Waals surface area contributed by atoms with Crippen LogP contribution in [0, 0.1) is 0 Å². The Morgan fingerprint density at radius 3 is 2.12 bits per heavy atom. The molecule has 25 heavy (non-hydrogen) atoms. The quantitative estimate of drug-likeness (QED) is 0.261. The minimum atomic E-state index is -0.409. The van der Waals surface area contributed by atoms with Crippen LogP contribution in [0.4, 0.5) is 0 Å². The molecule has 0 rings (SSSR count). The third-order valence-corrected chi connectivity index (χ3v) is 4.36. The van der Waals surface area contributed by atoms with E-state index in [4.69, 9.17) is 0 Å². The van der Waals surface area contributed by atoms with Crippen LogP contribution < -0.4 is 5.32 Å². The van der Waals surface area contributed by atoms with Gasteiger partial charge in [0.1, 0.15) is 0 Å². The first-order valence-corrected chi connectivity index (χ1v) is 10.4. The number of aliphatic hydroxyl groups excluding tert-OH is 1. The summed E-state index contributed by atoms with van der Waals surface area (Å²) < 4.78 is 0. The van der Waals surface area contributed by atoms with Crippen molar-refractivity contribution in [3.05, 3.63) is 24.3 Å². The van der Waals surface area contributed by atoms with Crippen molar-refractivity contribution < 1.29 is 9.90 Å². The second-order valence-corrected chi connectivity index (χ2v) is 6.85. The van der Waals surface area contributed by atoms with Gasteiger partial charge in [0, 0.05) is 13.0 Å². The second kappa shape index (κ2) is 19.2. The summed E-state index contributed by atoms with van der Waals surface area (Å²) in [6.07, 6.45) is 23.2. The Balaban J connectivity index is 3.30. The van der Waals surface area contributed by atoms with Crippen molar-refractivity contribution in [3.63, 3.8) is 0 Å². The summed E-state index contributed by atoms with van der Waals surface area (Å²) in [5, 5.41) is 12.2. The van der Waals surface area contributed by atoms with Gasteiger partial charge in [0.05, 0.1) is 6.10 Å².